The first-order valence-corrected chi connectivity index (χ1v) is 12.2. The lowest BCUT2D eigenvalue weighted by atomic mass is 10.0. The van der Waals surface area contributed by atoms with Gasteiger partial charge in [-0.05, 0) is 60.8 Å². The fourth-order valence-electron chi connectivity index (χ4n) is 5.11. The van der Waals surface area contributed by atoms with Crippen molar-refractivity contribution in [3.05, 3.63) is 120 Å². The third kappa shape index (κ3) is 3.69. The molecule has 0 unspecified atom stereocenters. The number of aryl methyl sites for hydroxylation is 1. The van der Waals surface area contributed by atoms with Crippen molar-refractivity contribution in [3.8, 4) is 16.9 Å². The number of nitrogens with two attached hydrogens (primary N) is 1. The van der Waals surface area contributed by atoms with Crippen molar-refractivity contribution in [1.82, 2.24) is 14.3 Å². The molecule has 2 heterocycles. The van der Waals surface area contributed by atoms with Gasteiger partial charge in [-0.3, -0.25) is 0 Å². The van der Waals surface area contributed by atoms with Crippen LogP contribution < -0.4 is 5.73 Å². The molecule has 0 fully saturated rings. The summed E-state index contributed by atoms with van der Waals surface area (Å²) in [5.74, 6) is -0.211. The maximum absolute atomic E-state index is 16.5. The molecule has 0 amide bonds. The van der Waals surface area contributed by atoms with Crippen molar-refractivity contribution in [2.45, 2.75) is 19.9 Å². The minimum Gasteiger partial charge on any atom is -0.333 e. The van der Waals surface area contributed by atoms with Crippen LogP contribution in [0.15, 0.2) is 97.2 Å². The van der Waals surface area contributed by atoms with E-state index in [0.717, 1.165) is 45.2 Å². The van der Waals surface area contributed by atoms with Gasteiger partial charge in [0.15, 0.2) is 5.82 Å². The Morgan fingerprint density at radius 1 is 0.806 bits per heavy atom. The predicted octanol–water partition coefficient (Wildman–Crippen LogP) is 6.64. The predicted molar refractivity (Wildman–Crippen MR) is 145 cm³/mol. The fraction of sp³-hybridized carbons (Fsp3) is 0.129. The number of para-hydroxylation sites is 1. The topological polar surface area (TPSA) is 48.8 Å². The van der Waals surface area contributed by atoms with Gasteiger partial charge in [-0.1, -0.05) is 66.7 Å². The second-order valence-electron chi connectivity index (χ2n) is 9.20. The van der Waals surface area contributed by atoms with Crippen LogP contribution in [-0.2, 0) is 13.0 Å². The standard InChI is InChI=1S/C31H27FN4/c1-21-7-5-6-10-25(21)31-30(32)29-26-19-34-36(24-8-3-2-4-9-24)27(26)15-16-28(29)35(31)20-23-13-11-22(12-14-23)17-18-33/h2-16,19H,17-18,20,33H2,1H3. The summed E-state index contributed by atoms with van der Waals surface area (Å²) in [6.07, 6.45) is 2.63. The molecule has 4 aromatic carbocycles. The average Bonchev–Trinajstić information content (AvgIpc) is 3.45. The van der Waals surface area contributed by atoms with Crippen molar-refractivity contribution in [2.24, 2.45) is 5.73 Å². The van der Waals surface area contributed by atoms with Gasteiger partial charge in [-0.25, -0.2) is 9.07 Å². The first kappa shape index (κ1) is 22.3. The van der Waals surface area contributed by atoms with E-state index in [4.69, 9.17) is 5.73 Å². The van der Waals surface area contributed by atoms with Crippen LogP contribution in [0.25, 0.3) is 38.8 Å². The number of rotatable bonds is 6. The highest BCUT2D eigenvalue weighted by atomic mass is 19.1. The van der Waals surface area contributed by atoms with E-state index in [1.54, 1.807) is 6.20 Å². The third-order valence-corrected chi connectivity index (χ3v) is 6.92. The summed E-state index contributed by atoms with van der Waals surface area (Å²) in [4.78, 5) is 0. The Morgan fingerprint density at radius 3 is 2.25 bits per heavy atom. The number of aromatic nitrogens is 3. The lowest BCUT2D eigenvalue weighted by molar-refractivity contribution is 0.635. The number of hydrogen-bond donors (Lipinski definition) is 1. The number of hydrogen-bond acceptors (Lipinski definition) is 2. The summed E-state index contributed by atoms with van der Waals surface area (Å²) >= 11 is 0. The molecular formula is C31H27FN4. The van der Waals surface area contributed by atoms with Crippen molar-refractivity contribution < 1.29 is 4.39 Å². The molecule has 0 bridgehead atoms. The van der Waals surface area contributed by atoms with Crippen molar-refractivity contribution in [1.29, 1.82) is 0 Å². The van der Waals surface area contributed by atoms with Crippen molar-refractivity contribution >= 4 is 21.8 Å². The number of benzene rings is 4. The molecular weight excluding hydrogens is 447 g/mol. The Bertz CT molecular complexity index is 1680. The highest BCUT2D eigenvalue weighted by Crippen LogP contribution is 2.38. The zero-order chi connectivity index (χ0) is 24.6. The Labute approximate surface area is 209 Å². The van der Waals surface area contributed by atoms with Gasteiger partial charge in [0.2, 0.25) is 0 Å². The van der Waals surface area contributed by atoms with E-state index in [1.165, 1.54) is 5.56 Å². The van der Waals surface area contributed by atoms with Crippen LogP contribution in [-0.4, -0.2) is 20.9 Å². The first-order valence-electron chi connectivity index (χ1n) is 12.2. The van der Waals surface area contributed by atoms with Crippen LogP contribution in [0.2, 0.25) is 0 Å². The normalized spacial score (nSPS) is 11.5. The van der Waals surface area contributed by atoms with Gasteiger partial charge in [0.25, 0.3) is 0 Å². The van der Waals surface area contributed by atoms with Crippen LogP contribution in [0, 0.1) is 12.7 Å². The highest BCUT2D eigenvalue weighted by molar-refractivity contribution is 6.08. The molecule has 0 aliphatic rings. The quantitative estimate of drug-likeness (QED) is 0.294. The minimum atomic E-state index is -0.211. The van der Waals surface area contributed by atoms with E-state index in [1.807, 2.05) is 78.3 Å². The molecule has 178 valence electrons. The summed E-state index contributed by atoms with van der Waals surface area (Å²) in [5, 5.41) is 6.04. The van der Waals surface area contributed by atoms with Crippen LogP contribution in [0.3, 0.4) is 0 Å². The third-order valence-electron chi connectivity index (χ3n) is 6.92. The Balaban J connectivity index is 1.58. The van der Waals surface area contributed by atoms with E-state index in [-0.39, 0.29) is 5.82 Å². The molecule has 0 radical (unpaired) electrons. The molecule has 2 aromatic heterocycles. The van der Waals surface area contributed by atoms with E-state index in [0.29, 0.717) is 24.2 Å². The highest BCUT2D eigenvalue weighted by Gasteiger charge is 2.23. The van der Waals surface area contributed by atoms with Gasteiger partial charge in [-0.15, -0.1) is 0 Å². The van der Waals surface area contributed by atoms with Gasteiger partial charge in [0, 0.05) is 22.9 Å². The second kappa shape index (κ2) is 9.10. The molecule has 2 N–H and O–H groups in total. The Morgan fingerprint density at radius 2 is 1.50 bits per heavy atom. The molecule has 0 saturated carbocycles. The molecule has 5 heteroatoms. The molecule has 0 spiro atoms. The summed E-state index contributed by atoms with van der Waals surface area (Å²) in [7, 11) is 0. The van der Waals surface area contributed by atoms with Crippen LogP contribution >= 0.6 is 0 Å². The Kier molecular flexibility index (Phi) is 5.62. The number of halogens is 1. The largest absolute Gasteiger partial charge is 0.333 e. The summed E-state index contributed by atoms with van der Waals surface area (Å²) < 4.78 is 20.5. The molecule has 0 saturated heterocycles. The monoisotopic (exact) mass is 474 g/mol. The Hall–Kier alpha value is -4.22. The van der Waals surface area contributed by atoms with Crippen molar-refractivity contribution in [2.75, 3.05) is 6.54 Å². The summed E-state index contributed by atoms with van der Waals surface area (Å²) in [5.41, 5.74) is 13.3. The average molecular weight is 475 g/mol. The van der Waals surface area contributed by atoms with Gasteiger partial charge in [0.1, 0.15) is 0 Å². The number of nitrogens with zero attached hydrogens (tertiary/aromatic N) is 3. The molecule has 6 rings (SSSR count). The second-order valence-corrected chi connectivity index (χ2v) is 9.20. The molecule has 4 nitrogen and oxygen atoms in total. The zero-order valence-electron chi connectivity index (χ0n) is 20.2. The zero-order valence-corrected chi connectivity index (χ0v) is 20.2. The fourth-order valence-corrected chi connectivity index (χ4v) is 5.11. The molecule has 0 aliphatic carbocycles. The maximum Gasteiger partial charge on any atom is 0.157 e. The smallest absolute Gasteiger partial charge is 0.157 e. The minimum absolute atomic E-state index is 0.211. The van der Waals surface area contributed by atoms with Gasteiger partial charge >= 0.3 is 0 Å². The van der Waals surface area contributed by atoms with Crippen LogP contribution in [0.5, 0.6) is 0 Å². The first-order chi connectivity index (χ1) is 17.7. The molecule has 6 aromatic rings. The number of fused-ring (bicyclic) bond motifs is 3. The lowest BCUT2D eigenvalue weighted by Gasteiger charge is -2.13. The van der Waals surface area contributed by atoms with E-state index in [9.17, 15) is 0 Å². The summed E-state index contributed by atoms with van der Waals surface area (Å²) in [6.45, 7) is 3.21. The molecule has 0 atom stereocenters. The maximum atomic E-state index is 16.5. The van der Waals surface area contributed by atoms with Gasteiger partial charge < -0.3 is 10.3 Å². The molecule has 0 aliphatic heterocycles. The van der Waals surface area contributed by atoms with Gasteiger partial charge in [0.05, 0.1) is 28.6 Å². The summed E-state index contributed by atoms with van der Waals surface area (Å²) in [6, 6.07) is 30.4. The van der Waals surface area contributed by atoms with E-state index in [2.05, 4.69) is 33.9 Å². The van der Waals surface area contributed by atoms with Crippen LogP contribution in [0.1, 0.15) is 16.7 Å². The van der Waals surface area contributed by atoms with E-state index < -0.39 is 0 Å². The van der Waals surface area contributed by atoms with Crippen molar-refractivity contribution in [3.63, 3.8) is 0 Å². The lowest BCUT2D eigenvalue weighted by Crippen LogP contribution is -2.05. The molecule has 36 heavy (non-hydrogen) atoms. The van der Waals surface area contributed by atoms with Crippen LogP contribution in [0.4, 0.5) is 4.39 Å². The van der Waals surface area contributed by atoms with E-state index >= 15 is 4.39 Å². The van der Waals surface area contributed by atoms with Gasteiger partial charge in [-0.2, -0.15) is 5.10 Å². The SMILES string of the molecule is Cc1ccccc1-c1c(F)c2c3cnn(-c4ccccc4)c3ccc2n1Cc1ccc(CCN)cc1.